The number of carbonyl (C=O) groups excluding carboxylic acids is 1. The van der Waals surface area contributed by atoms with Crippen LogP contribution < -0.4 is 15.8 Å². The third-order valence-corrected chi connectivity index (χ3v) is 4.26. The van der Waals surface area contributed by atoms with Gasteiger partial charge in [0.1, 0.15) is 22.9 Å². The van der Waals surface area contributed by atoms with E-state index in [1.54, 1.807) is 38.4 Å². The monoisotopic (exact) mass is 356 g/mol. The minimum Gasteiger partial charge on any atom is -0.496 e. The molecular formula is C20H21FN2O3. The lowest BCUT2D eigenvalue weighted by atomic mass is 9.93. The number of amides is 1. The Balaban J connectivity index is 2.34. The number of rotatable bonds is 4. The van der Waals surface area contributed by atoms with Crippen molar-refractivity contribution in [3.8, 4) is 17.1 Å². The summed E-state index contributed by atoms with van der Waals surface area (Å²) in [5, 5.41) is 3.23. The van der Waals surface area contributed by atoms with Gasteiger partial charge < -0.3 is 20.2 Å². The van der Waals surface area contributed by atoms with E-state index < -0.39 is 5.54 Å². The fraction of sp³-hybridized carbons (Fsp3) is 0.250. The van der Waals surface area contributed by atoms with E-state index in [1.165, 1.54) is 12.1 Å². The quantitative estimate of drug-likeness (QED) is 0.745. The molecule has 6 heteroatoms. The Labute approximate surface area is 150 Å². The molecule has 0 saturated heterocycles. The second kappa shape index (κ2) is 6.46. The van der Waals surface area contributed by atoms with Crippen LogP contribution in [0.5, 0.6) is 5.75 Å². The second-order valence-corrected chi connectivity index (χ2v) is 6.66. The van der Waals surface area contributed by atoms with Crippen molar-refractivity contribution >= 4 is 16.9 Å². The van der Waals surface area contributed by atoms with Crippen LogP contribution in [-0.2, 0) is 5.54 Å². The molecular weight excluding hydrogens is 335 g/mol. The van der Waals surface area contributed by atoms with E-state index >= 15 is 0 Å². The highest BCUT2D eigenvalue weighted by Gasteiger charge is 2.26. The van der Waals surface area contributed by atoms with Crippen LogP contribution in [0.1, 0.15) is 29.8 Å². The van der Waals surface area contributed by atoms with Gasteiger partial charge in [0.05, 0.1) is 12.7 Å². The first-order valence-corrected chi connectivity index (χ1v) is 8.18. The molecule has 1 aromatic heterocycles. The molecule has 1 amide bonds. The van der Waals surface area contributed by atoms with E-state index in [-0.39, 0.29) is 11.7 Å². The molecule has 3 rings (SSSR count). The van der Waals surface area contributed by atoms with Gasteiger partial charge in [0.15, 0.2) is 0 Å². The van der Waals surface area contributed by atoms with Crippen LogP contribution in [0.2, 0.25) is 0 Å². The van der Waals surface area contributed by atoms with Crippen LogP contribution in [-0.4, -0.2) is 20.1 Å². The summed E-state index contributed by atoms with van der Waals surface area (Å²) >= 11 is 0. The average molecular weight is 356 g/mol. The van der Waals surface area contributed by atoms with Crippen LogP contribution in [0, 0.1) is 5.82 Å². The van der Waals surface area contributed by atoms with Crippen LogP contribution >= 0.6 is 0 Å². The van der Waals surface area contributed by atoms with Gasteiger partial charge in [-0.3, -0.25) is 4.79 Å². The first-order valence-electron chi connectivity index (χ1n) is 8.18. The highest BCUT2D eigenvalue weighted by atomic mass is 19.1. The van der Waals surface area contributed by atoms with E-state index in [0.29, 0.717) is 33.6 Å². The van der Waals surface area contributed by atoms with Gasteiger partial charge in [0, 0.05) is 29.1 Å². The molecule has 0 aliphatic carbocycles. The first-order chi connectivity index (χ1) is 12.3. The van der Waals surface area contributed by atoms with E-state index in [0.717, 1.165) is 5.56 Å². The number of benzene rings is 2. The SMILES string of the molecule is CNC(=O)c1c(-c2ccc(F)cc2)oc2cc(C(C)(C)N)c(OC)cc12. The Morgan fingerprint density at radius 3 is 2.42 bits per heavy atom. The Kier molecular flexibility index (Phi) is 4.46. The summed E-state index contributed by atoms with van der Waals surface area (Å²) in [5.41, 5.74) is 7.83. The van der Waals surface area contributed by atoms with Crippen molar-refractivity contribution in [2.75, 3.05) is 14.2 Å². The lowest BCUT2D eigenvalue weighted by Gasteiger charge is -2.21. The zero-order valence-electron chi connectivity index (χ0n) is 15.1. The molecule has 0 atom stereocenters. The molecule has 0 saturated carbocycles. The molecule has 136 valence electrons. The maximum Gasteiger partial charge on any atom is 0.255 e. The zero-order valence-corrected chi connectivity index (χ0v) is 15.1. The average Bonchev–Trinajstić information content (AvgIpc) is 2.98. The lowest BCUT2D eigenvalue weighted by molar-refractivity contribution is 0.0964. The molecule has 2 aromatic carbocycles. The topological polar surface area (TPSA) is 77.5 Å². The molecule has 0 unspecified atom stereocenters. The number of hydrogen-bond acceptors (Lipinski definition) is 4. The van der Waals surface area contributed by atoms with Gasteiger partial charge >= 0.3 is 0 Å². The van der Waals surface area contributed by atoms with Gasteiger partial charge in [-0.2, -0.15) is 0 Å². The molecule has 3 N–H and O–H groups in total. The smallest absolute Gasteiger partial charge is 0.255 e. The second-order valence-electron chi connectivity index (χ2n) is 6.66. The summed E-state index contributed by atoms with van der Waals surface area (Å²) in [7, 11) is 3.10. The summed E-state index contributed by atoms with van der Waals surface area (Å²) in [4.78, 5) is 12.5. The Morgan fingerprint density at radius 2 is 1.88 bits per heavy atom. The van der Waals surface area contributed by atoms with Crippen molar-refractivity contribution in [3.63, 3.8) is 0 Å². The van der Waals surface area contributed by atoms with Crippen molar-refractivity contribution in [1.29, 1.82) is 0 Å². The standard InChI is InChI=1S/C20H21FN2O3/c1-20(2,22)14-10-15-13(9-16(14)25-4)17(19(24)23-3)18(26-15)11-5-7-12(21)8-6-11/h5-10H,22H2,1-4H3,(H,23,24). The number of ether oxygens (including phenoxy) is 1. The van der Waals surface area contributed by atoms with Crippen molar-refractivity contribution in [1.82, 2.24) is 5.32 Å². The largest absolute Gasteiger partial charge is 0.496 e. The predicted molar refractivity (Wildman–Crippen MR) is 98.8 cm³/mol. The van der Waals surface area contributed by atoms with Gasteiger partial charge in [-0.05, 0) is 50.2 Å². The number of carbonyl (C=O) groups is 1. The van der Waals surface area contributed by atoms with Gasteiger partial charge in [0.25, 0.3) is 5.91 Å². The van der Waals surface area contributed by atoms with Gasteiger partial charge in [0.2, 0.25) is 0 Å². The number of halogens is 1. The van der Waals surface area contributed by atoms with Crippen molar-refractivity contribution in [2.45, 2.75) is 19.4 Å². The third-order valence-electron chi connectivity index (χ3n) is 4.26. The summed E-state index contributed by atoms with van der Waals surface area (Å²) in [5.74, 6) is 0.278. The number of nitrogens with one attached hydrogen (secondary N) is 1. The number of nitrogens with two attached hydrogens (primary N) is 1. The number of hydrogen-bond donors (Lipinski definition) is 2. The van der Waals surface area contributed by atoms with Crippen molar-refractivity contribution in [3.05, 3.63) is 53.3 Å². The third kappa shape index (κ3) is 3.04. The zero-order chi connectivity index (χ0) is 19.1. The number of fused-ring (bicyclic) bond motifs is 1. The minimum absolute atomic E-state index is 0.301. The number of furan rings is 1. The highest BCUT2D eigenvalue weighted by molar-refractivity contribution is 6.11. The summed E-state index contributed by atoms with van der Waals surface area (Å²) < 4.78 is 24.7. The van der Waals surface area contributed by atoms with Gasteiger partial charge in [-0.1, -0.05) is 0 Å². The summed E-state index contributed by atoms with van der Waals surface area (Å²) in [6, 6.07) is 9.33. The van der Waals surface area contributed by atoms with Gasteiger partial charge in [-0.15, -0.1) is 0 Å². The fourth-order valence-corrected chi connectivity index (χ4v) is 2.95. The summed E-state index contributed by atoms with van der Waals surface area (Å²) in [6.07, 6.45) is 0. The maximum atomic E-state index is 13.3. The first kappa shape index (κ1) is 17.9. The maximum absolute atomic E-state index is 13.3. The molecule has 3 aromatic rings. The lowest BCUT2D eigenvalue weighted by Crippen LogP contribution is -2.29. The Bertz CT molecular complexity index is 969. The minimum atomic E-state index is -0.657. The van der Waals surface area contributed by atoms with Crippen LogP contribution in [0.15, 0.2) is 40.8 Å². The van der Waals surface area contributed by atoms with Crippen molar-refractivity contribution in [2.24, 2.45) is 5.73 Å². The van der Waals surface area contributed by atoms with Crippen molar-refractivity contribution < 1.29 is 18.3 Å². The van der Waals surface area contributed by atoms with Crippen LogP contribution in [0.25, 0.3) is 22.3 Å². The molecule has 26 heavy (non-hydrogen) atoms. The molecule has 0 radical (unpaired) electrons. The Hall–Kier alpha value is -2.86. The number of methoxy groups -OCH3 is 1. The van der Waals surface area contributed by atoms with E-state index in [9.17, 15) is 9.18 Å². The molecule has 0 spiro atoms. The molecule has 5 nitrogen and oxygen atoms in total. The molecule has 0 fully saturated rings. The fourth-order valence-electron chi connectivity index (χ4n) is 2.95. The molecule has 1 heterocycles. The summed E-state index contributed by atoms with van der Waals surface area (Å²) in [6.45, 7) is 3.72. The van der Waals surface area contributed by atoms with Gasteiger partial charge in [-0.25, -0.2) is 4.39 Å². The highest BCUT2D eigenvalue weighted by Crippen LogP contribution is 2.39. The normalized spacial score (nSPS) is 11.6. The molecule has 0 bridgehead atoms. The van der Waals surface area contributed by atoms with Crippen LogP contribution in [0.4, 0.5) is 4.39 Å². The Morgan fingerprint density at radius 1 is 1.23 bits per heavy atom. The van der Waals surface area contributed by atoms with E-state index in [2.05, 4.69) is 5.32 Å². The molecule has 0 aliphatic rings. The van der Waals surface area contributed by atoms with E-state index in [1.807, 2.05) is 13.8 Å². The predicted octanol–water partition coefficient (Wildman–Crippen LogP) is 3.80. The van der Waals surface area contributed by atoms with E-state index in [4.69, 9.17) is 14.9 Å². The van der Waals surface area contributed by atoms with Crippen LogP contribution in [0.3, 0.4) is 0 Å². The molecule has 0 aliphatic heterocycles.